The van der Waals surface area contributed by atoms with E-state index in [4.69, 9.17) is 9.31 Å². The second-order valence-corrected chi connectivity index (χ2v) is 7.36. The Morgan fingerprint density at radius 3 is 2.42 bits per heavy atom. The zero-order valence-electron chi connectivity index (χ0n) is 15.9. The predicted molar refractivity (Wildman–Crippen MR) is 102 cm³/mol. The van der Waals surface area contributed by atoms with Gasteiger partial charge >= 0.3 is 7.12 Å². The van der Waals surface area contributed by atoms with Crippen molar-refractivity contribution in [3.8, 4) is 0 Å². The average molecular weight is 330 g/mol. The zero-order chi connectivity index (χ0) is 17.8. The third-order valence-electron chi connectivity index (χ3n) is 4.82. The number of benzene rings is 1. The van der Waals surface area contributed by atoms with E-state index in [0.717, 1.165) is 25.1 Å². The van der Waals surface area contributed by atoms with E-state index in [1.165, 1.54) is 11.1 Å². The van der Waals surface area contributed by atoms with Crippen LogP contribution in [0, 0.1) is 0 Å². The SMILES string of the molecule is CCNCc1cccc(C=C(CNC)B2OC(C)(C)C(C)(C)O2)c1. The molecule has 1 heterocycles. The molecule has 0 bridgehead atoms. The van der Waals surface area contributed by atoms with Gasteiger partial charge in [0.15, 0.2) is 0 Å². The van der Waals surface area contributed by atoms with Gasteiger partial charge in [-0.3, -0.25) is 0 Å². The molecule has 2 N–H and O–H groups in total. The first-order chi connectivity index (χ1) is 11.3. The zero-order valence-corrected chi connectivity index (χ0v) is 15.9. The molecule has 1 aliphatic heterocycles. The summed E-state index contributed by atoms with van der Waals surface area (Å²) in [5, 5.41) is 6.59. The minimum absolute atomic E-state index is 0.320. The van der Waals surface area contributed by atoms with E-state index in [1.807, 2.05) is 7.05 Å². The molecule has 0 amide bonds. The summed E-state index contributed by atoms with van der Waals surface area (Å²) in [6, 6.07) is 8.58. The molecule has 0 aromatic heterocycles. The van der Waals surface area contributed by atoms with Crippen molar-refractivity contribution in [1.29, 1.82) is 0 Å². The van der Waals surface area contributed by atoms with Gasteiger partial charge in [0.25, 0.3) is 0 Å². The van der Waals surface area contributed by atoms with Crippen LogP contribution in [0.3, 0.4) is 0 Å². The van der Waals surface area contributed by atoms with Crippen LogP contribution in [0.25, 0.3) is 6.08 Å². The first-order valence-electron chi connectivity index (χ1n) is 8.79. The summed E-state index contributed by atoms with van der Waals surface area (Å²) in [7, 11) is 1.63. The summed E-state index contributed by atoms with van der Waals surface area (Å²) < 4.78 is 12.4. The van der Waals surface area contributed by atoms with E-state index in [2.05, 4.69) is 75.6 Å². The van der Waals surface area contributed by atoms with Crippen LogP contribution in [0.15, 0.2) is 29.7 Å². The van der Waals surface area contributed by atoms with Crippen molar-refractivity contribution in [3.05, 3.63) is 40.9 Å². The van der Waals surface area contributed by atoms with Crippen molar-refractivity contribution in [2.24, 2.45) is 0 Å². The van der Waals surface area contributed by atoms with Crippen LogP contribution in [-0.2, 0) is 15.9 Å². The standard InChI is InChI=1S/C19H31BN2O2/c1-7-22-13-16-10-8-9-15(11-16)12-17(14-21-6)20-23-18(2,3)19(4,5)24-20/h8-12,21-22H,7,13-14H2,1-6H3. The van der Waals surface area contributed by atoms with Gasteiger partial charge in [-0.05, 0) is 57.9 Å². The molecular weight excluding hydrogens is 299 g/mol. The molecule has 4 nitrogen and oxygen atoms in total. The van der Waals surface area contributed by atoms with E-state index < -0.39 is 0 Å². The Kier molecular flexibility index (Phi) is 6.26. The van der Waals surface area contributed by atoms with Crippen LogP contribution < -0.4 is 10.6 Å². The summed E-state index contributed by atoms with van der Waals surface area (Å²) in [6.45, 7) is 13.0. The number of hydrogen-bond acceptors (Lipinski definition) is 4. The fourth-order valence-corrected chi connectivity index (χ4v) is 2.68. The Labute approximate surface area is 147 Å². The van der Waals surface area contributed by atoms with E-state index in [9.17, 15) is 0 Å². The molecule has 132 valence electrons. The minimum atomic E-state index is -0.322. The fourth-order valence-electron chi connectivity index (χ4n) is 2.68. The molecule has 0 aliphatic carbocycles. The van der Waals surface area contributed by atoms with Gasteiger partial charge in [0, 0.05) is 13.1 Å². The molecule has 2 rings (SSSR count). The molecule has 1 aromatic carbocycles. The Morgan fingerprint density at radius 1 is 1.17 bits per heavy atom. The lowest BCUT2D eigenvalue weighted by molar-refractivity contribution is 0.00578. The Morgan fingerprint density at radius 2 is 1.83 bits per heavy atom. The molecule has 0 saturated carbocycles. The van der Waals surface area contributed by atoms with Crippen molar-refractivity contribution >= 4 is 13.2 Å². The second kappa shape index (κ2) is 7.83. The topological polar surface area (TPSA) is 42.5 Å². The number of nitrogens with one attached hydrogen (secondary N) is 2. The third kappa shape index (κ3) is 4.48. The Bertz CT molecular complexity index is 568. The molecule has 24 heavy (non-hydrogen) atoms. The molecule has 0 radical (unpaired) electrons. The van der Waals surface area contributed by atoms with E-state index >= 15 is 0 Å². The minimum Gasteiger partial charge on any atom is -0.400 e. The molecule has 5 heteroatoms. The molecule has 1 fully saturated rings. The highest BCUT2D eigenvalue weighted by Crippen LogP contribution is 2.38. The molecule has 0 spiro atoms. The maximum atomic E-state index is 6.20. The highest BCUT2D eigenvalue weighted by molar-refractivity contribution is 6.55. The van der Waals surface area contributed by atoms with Gasteiger partial charge in [0.2, 0.25) is 0 Å². The molecule has 1 saturated heterocycles. The van der Waals surface area contributed by atoms with Gasteiger partial charge in [-0.15, -0.1) is 0 Å². The monoisotopic (exact) mass is 330 g/mol. The highest BCUT2D eigenvalue weighted by Gasteiger charge is 2.52. The summed E-state index contributed by atoms with van der Waals surface area (Å²) in [6.07, 6.45) is 2.17. The third-order valence-corrected chi connectivity index (χ3v) is 4.82. The highest BCUT2D eigenvalue weighted by atomic mass is 16.7. The van der Waals surface area contributed by atoms with Crippen LogP contribution in [0.2, 0.25) is 0 Å². The Balaban J connectivity index is 2.23. The first-order valence-corrected chi connectivity index (χ1v) is 8.79. The van der Waals surface area contributed by atoms with Gasteiger partial charge in [0.1, 0.15) is 0 Å². The van der Waals surface area contributed by atoms with Gasteiger partial charge in [0.05, 0.1) is 11.2 Å². The lowest BCUT2D eigenvalue weighted by Gasteiger charge is -2.32. The van der Waals surface area contributed by atoms with Gasteiger partial charge in [-0.25, -0.2) is 0 Å². The van der Waals surface area contributed by atoms with Crippen LogP contribution >= 0.6 is 0 Å². The largest absolute Gasteiger partial charge is 0.491 e. The normalized spacial score (nSPS) is 19.8. The smallest absolute Gasteiger partial charge is 0.400 e. The van der Waals surface area contributed by atoms with E-state index in [0.29, 0.717) is 0 Å². The molecule has 0 atom stereocenters. The molecule has 1 aliphatic rings. The lowest BCUT2D eigenvalue weighted by Crippen LogP contribution is -2.41. The predicted octanol–water partition coefficient (Wildman–Crippen LogP) is 3.03. The number of rotatable bonds is 7. The van der Waals surface area contributed by atoms with E-state index in [-0.39, 0.29) is 18.3 Å². The quantitative estimate of drug-likeness (QED) is 0.754. The second-order valence-electron chi connectivity index (χ2n) is 7.36. The van der Waals surface area contributed by atoms with Gasteiger partial charge in [-0.2, -0.15) is 0 Å². The molecule has 0 unspecified atom stereocenters. The summed E-state index contributed by atoms with van der Waals surface area (Å²) in [4.78, 5) is 0. The van der Waals surface area contributed by atoms with Crippen LogP contribution in [0.1, 0.15) is 45.7 Å². The van der Waals surface area contributed by atoms with Crippen molar-refractivity contribution in [2.45, 2.75) is 52.4 Å². The van der Waals surface area contributed by atoms with Crippen molar-refractivity contribution in [1.82, 2.24) is 10.6 Å². The van der Waals surface area contributed by atoms with Gasteiger partial charge < -0.3 is 19.9 Å². The molecular formula is C19H31BN2O2. The van der Waals surface area contributed by atoms with Crippen molar-refractivity contribution in [3.63, 3.8) is 0 Å². The Hall–Kier alpha value is -1.14. The van der Waals surface area contributed by atoms with Crippen LogP contribution in [-0.4, -0.2) is 38.5 Å². The van der Waals surface area contributed by atoms with Crippen LogP contribution in [0.5, 0.6) is 0 Å². The van der Waals surface area contributed by atoms with Crippen molar-refractivity contribution in [2.75, 3.05) is 20.1 Å². The van der Waals surface area contributed by atoms with Gasteiger partial charge in [-0.1, -0.05) is 37.3 Å². The average Bonchev–Trinajstić information content (AvgIpc) is 2.73. The van der Waals surface area contributed by atoms with E-state index in [1.54, 1.807) is 0 Å². The van der Waals surface area contributed by atoms with Crippen LogP contribution in [0.4, 0.5) is 0 Å². The summed E-state index contributed by atoms with van der Waals surface area (Å²) in [5.41, 5.74) is 2.92. The lowest BCUT2D eigenvalue weighted by atomic mass is 9.77. The first kappa shape index (κ1) is 19.2. The number of hydrogen-bond donors (Lipinski definition) is 2. The van der Waals surface area contributed by atoms with Crippen molar-refractivity contribution < 1.29 is 9.31 Å². The summed E-state index contributed by atoms with van der Waals surface area (Å²) >= 11 is 0. The molecule has 1 aromatic rings. The number of likely N-dealkylation sites (N-methyl/N-ethyl adjacent to an activating group) is 1. The maximum Gasteiger partial charge on any atom is 0.491 e. The fraction of sp³-hybridized carbons (Fsp3) is 0.579. The summed E-state index contributed by atoms with van der Waals surface area (Å²) in [5.74, 6) is 0. The maximum absolute atomic E-state index is 6.20.